The molecule has 0 saturated heterocycles. The van der Waals surface area contributed by atoms with Crippen LogP contribution in [0.4, 0.5) is 0 Å². The van der Waals surface area contributed by atoms with Crippen molar-refractivity contribution in [1.82, 2.24) is 25.8 Å². The van der Waals surface area contributed by atoms with Crippen LogP contribution in [0.5, 0.6) is 0 Å². The minimum atomic E-state index is 0.480. The van der Waals surface area contributed by atoms with Crippen LogP contribution in [0.2, 0.25) is 0 Å². The lowest BCUT2D eigenvalue weighted by Crippen LogP contribution is -2.38. The van der Waals surface area contributed by atoms with E-state index in [1.54, 1.807) is 25.3 Å². The predicted octanol–water partition coefficient (Wildman–Crippen LogP) is 1.30. The first-order valence-electron chi connectivity index (χ1n) is 6.88. The number of aliphatic imine (C=N–C) groups is 1. The summed E-state index contributed by atoms with van der Waals surface area (Å²) >= 11 is 1.76. The lowest BCUT2D eigenvalue weighted by atomic mass is 10.4. The molecular formula is C13H20N6OS. The van der Waals surface area contributed by atoms with Gasteiger partial charge in [0.1, 0.15) is 0 Å². The molecule has 2 aromatic heterocycles. The van der Waals surface area contributed by atoms with Crippen molar-refractivity contribution in [3.05, 3.63) is 27.8 Å². The number of guanidine groups is 1. The summed E-state index contributed by atoms with van der Waals surface area (Å²) in [5.74, 6) is 1.89. The molecule has 2 N–H and O–H groups in total. The van der Waals surface area contributed by atoms with Crippen LogP contribution in [0.3, 0.4) is 0 Å². The van der Waals surface area contributed by atoms with Gasteiger partial charge in [0.15, 0.2) is 11.8 Å². The fourth-order valence-electron chi connectivity index (χ4n) is 1.71. The fraction of sp³-hybridized carbons (Fsp3) is 0.538. The molecular weight excluding hydrogens is 288 g/mol. The Balaban J connectivity index is 1.72. The maximum atomic E-state index is 4.91. The highest BCUT2D eigenvalue weighted by atomic mass is 32.1. The lowest BCUT2D eigenvalue weighted by molar-refractivity contribution is 0.387. The van der Waals surface area contributed by atoms with E-state index >= 15 is 0 Å². The van der Waals surface area contributed by atoms with Gasteiger partial charge in [0.2, 0.25) is 5.89 Å². The first-order valence-corrected chi connectivity index (χ1v) is 7.70. The van der Waals surface area contributed by atoms with Crippen LogP contribution in [0.25, 0.3) is 0 Å². The van der Waals surface area contributed by atoms with Crippen molar-refractivity contribution in [2.24, 2.45) is 4.99 Å². The van der Waals surface area contributed by atoms with Gasteiger partial charge < -0.3 is 15.2 Å². The molecule has 0 saturated carbocycles. The van der Waals surface area contributed by atoms with Crippen LogP contribution in [0.1, 0.15) is 28.5 Å². The average Bonchev–Trinajstić information content (AvgIpc) is 3.11. The number of hydrogen-bond donors (Lipinski definition) is 2. The van der Waals surface area contributed by atoms with Crippen molar-refractivity contribution in [1.29, 1.82) is 0 Å². The third-order valence-electron chi connectivity index (χ3n) is 2.79. The largest absolute Gasteiger partial charge is 0.356 e. The molecule has 0 radical (unpaired) electrons. The molecule has 0 aliphatic carbocycles. The molecule has 8 heteroatoms. The Bertz CT molecular complexity index is 591. The molecule has 0 atom stereocenters. The molecule has 0 aliphatic rings. The third-order valence-corrected chi connectivity index (χ3v) is 3.99. The summed E-state index contributed by atoms with van der Waals surface area (Å²) in [5, 5.41) is 11.3. The van der Waals surface area contributed by atoms with Gasteiger partial charge >= 0.3 is 0 Å². The van der Waals surface area contributed by atoms with Crippen molar-refractivity contribution >= 4 is 17.3 Å². The molecule has 0 aliphatic heterocycles. The van der Waals surface area contributed by atoms with E-state index in [4.69, 9.17) is 4.52 Å². The second-order valence-electron chi connectivity index (χ2n) is 4.41. The van der Waals surface area contributed by atoms with E-state index < -0.39 is 0 Å². The van der Waals surface area contributed by atoms with Crippen molar-refractivity contribution in [2.45, 2.75) is 33.2 Å². The summed E-state index contributed by atoms with van der Waals surface area (Å²) < 4.78 is 4.91. The summed E-state index contributed by atoms with van der Waals surface area (Å²) in [6.45, 7) is 5.17. The fourth-order valence-corrected chi connectivity index (χ4v) is 2.57. The van der Waals surface area contributed by atoms with Crippen LogP contribution >= 0.6 is 11.3 Å². The van der Waals surface area contributed by atoms with E-state index in [0.29, 0.717) is 24.2 Å². The van der Waals surface area contributed by atoms with Gasteiger partial charge in [-0.05, 0) is 6.42 Å². The Morgan fingerprint density at radius 2 is 2.29 bits per heavy atom. The Labute approximate surface area is 127 Å². The minimum absolute atomic E-state index is 0.480. The normalized spacial score (nSPS) is 11.7. The molecule has 21 heavy (non-hydrogen) atoms. The zero-order chi connectivity index (χ0) is 15.1. The van der Waals surface area contributed by atoms with E-state index in [0.717, 1.165) is 24.4 Å². The SMILES string of the molecule is CCc1cnc(CCNC(=NC)NCc2noc(C)n2)s1. The van der Waals surface area contributed by atoms with E-state index in [2.05, 4.69) is 37.7 Å². The standard InChI is InChI=1S/C13H20N6OS/c1-4-10-7-16-12(21-10)5-6-15-13(14-3)17-8-11-18-9(2)20-19-11/h7H,4-6,8H2,1-3H3,(H2,14,15,17). The Kier molecular flexibility index (Phi) is 5.68. The van der Waals surface area contributed by atoms with Gasteiger partial charge in [0.25, 0.3) is 0 Å². The maximum absolute atomic E-state index is 4.91. The molecule has 0 amide bonds. The van der Waals surface area contributed by atoms with Gasteiger partial charge in [0.05, 0.1) is 11.6 Å². The molecule has 0 spiro atoms. The van der Waals surface area contributed by atoms with Gasteiger partial charge in [-0.25, -0.2) is 4.98 Å². The quantitative estimate of drug-likeness (QED) is 0.618. The second kappa shape index (κ2) is 7.72. The topological polar surface area (TPSA) is 88.2 Å². The Morgan fingerprint density at radius 1 is 1.43 bits per heavy atom. The van der Waals surface area contributed by atoms with E-state index in [9.17, 15) is 0 Å². The highest BCUT2D eigenvalue weighted by Crippen LogP contribution is 2.13. The van der Waals surface area contributed by atoms with E-state index in [-0.39, 0.29) is 0 Å². The summed E-state index contributed by atoms with van der Waals surface area (Å²) in [7, 11) is 1.73. The van der Waals surface area contributed by atoms with E-state index in [1.807, 2.05) is 6.20 Å². The number of rotatable bonds is 6. The van der Waals surface area contributed by atoms with Crippen LogP contribution in [0.15, 0.2) is 15.7 Å². The van der Waals surface area contributed by atoms with Crippen molar-refractivity contribution in [3.8, 4) is 0 Å². The van der Waals surface area contributed by atoms with Crippen LogP contribution < -0.4 is 10.6 Å². The van der Waals surface area contributed by atoms with Crippen molar-refractivity contribution < 1.29 is 4.52 Å². The molecule has 0 unspecified atom stereocenters. The molecule has 2 aromatic rings. The second-order valence-corrected chi connectivity index (χ2v) is 5.61. The van der Waals surface area contributed by atoms with Crippen molar-refractivity contribution in [2.75, 3.05) is 13.6 Å². The molecule has 2 rings (SSSR count). The minimum Gasteiger partial charge on any atom is -0.356 e. The number of hydrogen-bond acceptors (Lipinski definition) is 6. The average molecular weight is 308 g/mol. The molecule has 2 heterocycles. The van der Waals surface area contributed by atoms with Crippen LogP contribution in [-0.4, -0.2) is 34.7 Å². The number of nitrogens with zero attached hydrogens (tertiary/aromatic N) is 4. The Hall–Kier alpha value is -1.96. The summed E-state index contributed by atoms with van der Waals surface area (Å²) in [4.78, 5) is 14.0. The molecule has 0 bridgehead atoms. The smallest absolute Gasteiger partial charge is 0.223 e. The van der Waals surface area contributed by atoms with Gasteiger partial charge in [0, 0.05) is 38.0 Å². The molecule has 114 valence electrons. The van der Waals surface area contributed by atoms with Gasteiger partial charge in [-0.1, -0.05) is 12.1 Å². The lowest BCUT2D eigenvalue weighted by Gasteiger charge is -2.09. The van der Waals surface area contributed by atoms with Gasteiger partial charge in [-0.15, -0.1) is 11.3 Å². The van der Waals surface area contributed by atoms with Crippen molar-refractivity contribution in [3.63, 3.8) is 0 Å². The number of thiazole rings is 1. The zero-order valence-corrected chi connectivity index (χ0v) is 13.3. The molecule has 7 nitrogen and oxygen atoms in total. The van der Waals surface area contributed by atoms with Crippen LogP contribution in [0, 0.1) is 6.92 Å². The summed E-state index contributed by atoms with van der Waals surface area (Å²) in [6, 6.07) is 0. The molecule has 0 fully saturated rings. The van der Waals surface area contributed by atoms with Crippen LogP contribution in [-0.2, 0) is 19.4 Å². The number of aromatic nitrogens is 3. The van der Waals surface area contributed by atoms with Gasteiger partial charge in [-0.3, -0.25) is 4.99 Å². The number of nitrogens with one attached hydrogen (secondary N) is 2. The summed E-state index contributed by atoms with van der Waals surface area (Å²) in [5.41, 5.74) is 0. The predicted molar refractivity (Wildman–Crippen MR) is 82.4 cm³/mol. The van der Waals surface area contributed by atoms with E-state index in [1.165, 1.54) is 4.88 Å². The third kappa shape index (κ3) is 4.82. The zero-order valence-electron chi connectivity index (χ0n) is 12.5. The highest BCUT2D eigenvalue weighted by Gasteiger charge is 2.04. The summed E-state index contributed by atoms with van der Waals surface area (Å²) in [6.07, 6.45) is 3.87. The van der Waals surface area contributed by atoms with Gasteiger partial charge in [-0.2, -0.15) is 4.98 Å². The maximum Gasteiger partial charge on any atom is 0.223 e. The first kappa shape index (κ1) is 15.4. The first-order chi connectivity index (χ1) is 10.2. The number of aryl methyl sites for hydroxylation is 2. The highest BCUT2D eigenvalue weighted by molar-refractivity contribution is 7.11. The monoisotopic (exact) mass is 308 g/mol. The molecule has 0 aromatic carbocycles. The Morgan fingerprint density at radius 3 is 2.90 bits per heavy atom.